The highest BCUT2D eigenvalue weighted by atomic mass is 19.1. The smallest absolute Gasteiger partial charge is 0.131 e. The van der Waals surface area contributed by atoms with E-state index in [2.05, 4.69) is 12.2 Å². The fourth-order valence-electron chi connectivity index (χ4n) is 2.65. The molecule has 0 amide bonds. The van der Waals surface area contributed by atoms with Crippen LogP contribution in [0.3, 0.4) is 0 Å². The van der Waals surface area contributed by atoms with Gasteiger partial charge in [-0.1, -0.05) is 25.1 Å². The van der Waals surface area contributed by atoms with Crippen LogP contribution in [0.5, 0.6) is 0 Å². The fraction of sp³-hybridized carbons (Fsp3) is 0.333. The van der Waals surface area contributed by atoms with Crippen LogP contribution in [0, 0.1) is 5.82 Å². The van der Waals surface area contributed by atoms with Gasteiger partial charge in [-0.2, -0.15) is 0 Å². The van der Waals surface area contributed by atoms with Crippen LogP contribution in [0.1, 0.15) is 30.0 Å². The van der Waals surface area contributed by atoms with Crippen LogP contribution in [0.25, 0.3) is 11.1 Å². The molecule has 2 aromatic rings. The van der Waals surface area contributed by atoms with Crippen LogP contribution >= 0.6 is 0 Å². The molecule has 0 aromatic heterocycles. The first-order chi connectivity index (χ1) is 10.3. The van der Waals surface area contributed by atoms with Crippen molar-refractivity contribution in [2.75, 3.05) is 6.54 Å². The summed E-state index contributed by atoms with van der Waals surface area (Å²) in [7, 11) is 0. The van der Waals surface area contributed by atoms with Gasteiger partial charge in [0.1, 0.15) is 5.82 Å². The van der Waals surface area contributed by atoms with Crippen LogP contribution in [-0.2, 0) is 24.5 Å². The van der Waals surface area contributed by atoms with E-state index in [1.807, 2.05) is 30.3 Å². The summed E-state index contributed by atoms with van der Waals surface area (Å²) in [5.41, 5.74) is 5.08. The number of benzene rings is 2. The fourth-order valence-corrected chi connectivity index (χ4v) is 2.65. The van der Waals surface area contributed by atoms with Crippen LogP contribution in [0.4, 0.5) is 4.39 Å². The number of halogens is 1. The predicted molar refractivity (Wildman–Crippen MR) is 82.3 cm³/mol. The second kappa shape index (κ2) is 6.37. The Morgan fingerprint density at radius 1 is 1.10 bits per heavy atom. The summed E-state index contributed by atoms with van der Waals surface area (Å²) < 4.78 is 19.6. The molecule has 0 saturated carbocycles. The summed E-state index contributed by atoms with van der Waals surface area (Å²) in [5, 5.41) is 3.35. The summed E-state index contributed by atoms with van der Waals surface area (Å²) in [6, 6.07) is 11.4. The van der Waals surface area contributed by atoms with Crippen molar-refractivity contribution in [2.24, 2.45) is 0 Å². The highest BCUT2D eigenvalue weighted by molar-refractivity contribution is 5.66. The van der Waals surface area contributed by atoms with E-state index in [1.54, 1.807) is 6.07 Å². The van der Waals surface area contributed by atoms with E-state index in [-0.39, 0.29) is 5.82 Å². The van der Waals surface area contributed by atoms with E-state index in [4.69, 9.17) is 4.74 Å². The Morgan fingerprint density at radius 2 is 1.95 bits per heavy atom. The molecule has 0 bridgehead atoms. The summed E-state index contributed by atoms with van der Waals surface area (Å²) in [6.45, 7) is 5.18. The van der Waals surface area contributed by atoms with Crippen molar-refractivity contribution in [3.05, 3.63) is 58.9 Å². The van der Waals surface area contributed by atoms with Crippen molar-refractivity contribution in [1.82, 2.24) is 5.32 Å². The average Bonchev–Trinajstić information content (AvgIpc) is 2.96. The van der Waals surface area contributed by atoms with Gasteiger partial charge in [0.2, 0.25) is 0 Å². The highest BCUT2D eigenvalue weighted by Gasteiger charge is 2.13. The van der Waals surface area contributed by atoms with Crippen molar-refractivity contribution in [3.8, 4) is 11.1 Å². The third-order valence-electron chi connectivity index (χ3n) is 3.82. The molecule has 0 radical (unpaired) electrons. The van der Waals surface area contributed by atoms with Gasteiger partial charge in [-0.05, 0) is 53.4 Å². The van der Waals surface area contributed by atoms with Gasteiger partial charge in [-0.3, -0.25) is 0 Å². The van der Waals surface area contributed by atoms with Crippen molar-refractivity contribution in [1.29, 1.82) is 0 Å². The lowest BCUT2D eigenvalue weighted by Gasteiger charge is -2.09. The second-order valence-electron chi connectivity index (χ2n) is 5.47. The van der Waals surface area contributed by atoms with Gasteiger partial charge < -0.3 is 10.1 Å². The Bertz CT molecular complexity index is 639. The minimum absolute atomic E-state index is 0.173. The minimum atomic E-state index is -0.173. The summed E-state index contributed by atoms with van der Waals surface area (Å²) >= 11 is 0. The van der Waals surface area contributed by atoms with Gasteiger partial charge in [0.05, 0.1) is 13.2 Å². The molecule has 2 nitrogen and oxygen atoms in total. The topological polar surface area (TPSA) is 21.3 Å². The predicted octanol–water partition coefficient (Wildman–Crippen LogP) is 4.02. The molecule has 1 aliphatic heterocycles. The average molecular weight is 285 g/mol. The second-order valence-corrected chi connectivity index (χ2v) is 5.47. The van der Waals surface area contributed by atoms with Crippen LogP contribution in [-0.4, -0.2) is 6.54 Å². The highest BCUT2D eigenvalue weighted by Crippen LogP contribution is 2.29. The molecule has 0 fully saturated rings. The quantitative estimate of drug-likeness (QED) is 0.838. The molecule has 1 N–H and O–H groups in total. The Kier molecular flexibility index (Phi) is 4.32. The van der Waals surface area contributed by atoms with E-state index in [1.165, 1.54) is 11.1 Å². The van der Waals surface area contributed by atoms with Gasteiger partial charge in [-0.25, -0.2) is 4.39 Å². The van der Waals surface area contributed by atoms with Gasteiger partial charge in [0.25, 0.3) is 0 Å². The largest absolute Gasteiger partial charge is 0.372 e. The summed E-state index contributed by atoms with van der Waals surface area (Å²) in [4.78, 5) is 0. The molecule has 1 aliphatic rings. The number of rotatable bonds is 5. The molecule has 2 aromatic carbocycles. The maximum atomic E-state index is 14.1. The number of hydrogen-bond donors (Lipinski definition) is 1. The number of fused-ring (bicyclic) bond motifs is 1. The van der Waals surface area contributed by atoms with Gasteiger partial charge >= 0.3 is 0 Å². The first-order valence-corrected chi connectivity index (χ1v) is 7.47. The maximum absolute atomic E-state index is 14.1. The molecule has 110 valence electrons. The number of ether oxygens (including phenoxy) is 1. The third kappa shape index (κ3) is 3.14. The first kappa shape index (κ1) is 14.2. The molecule has 0 spiro atoms. The maximum Gasteiger partial charge on any atom is 0.131 e. The first-order valence-electron chi connectivity index (χ1n) is 7.47. The number of nitrogens with one attached hydrogen (secondary N) is 1. The summed E-state index contributed by atoms with van der Waals surface area (Å²) in [6.07, 6.45) is 1.10. The lowest BCUT2D eigenvalue weighted by atomic mass is 9.98. The standard InChI is InChI=1S/C18H20FNO/c1-2-7-20-10-13-3-6-18(19)17(8-13)14-4-5-15-11-21-12-16(15)9-14/h3-6,8-9,20H,2,7,10-12H2,1H3. The van der Waals surface area contributed by atoms with Gasteiger partial charge in [0, 0.05) is 12.1 Å². The Hall–Kier alpha value is -1.71. The zero-order valence-electron chi connectivity index (χ0n) is 12.3. The normalized spacial score (nSPS) is 13.4. The Labute approximate surface area is 125 Å². The zero-order chi connectivity index (χ0) is 14.7. The Balaban J connectivity index is 1.88. The van der Waals surface area contributed by atoms with E-state index >= 15 is 0 Å². The molecule has 0 atom stereocenters. The van der Waals surface area contributed by atoms with Gasteiger partial charge in [-0.15, -0.1) is 0 Å². The van der Waals surface area contributed by atoms with E-state index in [9.17, 15) is 4.39 Å². The summed E-state index contributed by atoms with van der Waals surface area (Å²) in [5.74, 6) is -0.173. The lowest BCUT2D eigenvalue weighted by molar-refractivity contribution is 0.134. The molecule has 0 unspecified atom stereocenters. The molecule has 0 aliphatic carbocycles. The van der Waals surface area contributed by atoms with Crippen molar-refractivity contribution in [3.63, 3.8) is 0 Å². The molecule has 0 saturated heterocycles. The van der Waals surface area contributed by atoms with Gasteiger partial charge in [0.15, 0.2) is 0 Å². The number of hydrogen-bond acceptors (Lipinski definition) is 2. The monoisotopic (exact) mass is 285 g/mol. The van der Waals surface area contributed by atoms with E-state index in [0.717, 1.165) is 30.6 Å². The lowest BCUT2D eigenvalue weighted by Crippen LogP contribution is -2.13. The van der Waals surface area contributed by atoms with Crippen LogP contribution < -0.4 is 5.32 Å². The molecular weight excluding hydrogens is 265 g/mol. The molecule has 3 rings (SSSR count). The van der Waals surface area contributed by atoms with Crippen molar-refractivity contribution < 1.29 is 9.13 Å². The van der Waals surface area contributed by atoms with Crippen LogP contribution in [0.15, 0.2) is 36.4 Å². The SMILES string of the molecule is CCCNCc1ccc(F)c(-c2ccc3c(c2)COC3)c1. The molecule has 21 heavy (non-hydrogen) atoms. The van der Waals surface area contributed by atoms with Crippen molar-refractivity contribution in [2.45, 2.75) is 33.1 Å². The van der Waals surface area contributed by atoms with Crippen molar-refractivity contribution >= 4 is 0 Å². The Morgan fingerprint density at radius 3 is 2.81 bits per heavy atom. The van der Waals surface area contributed by atoms with E-state index < -0.39 is 0 Å². The third-order valence-corrected chi connectivity index (χ3v) is 3.82. The van der Waals surface area contributed by atoms with Crippen LogP contribution in [0.2, 0.25) is 0 Å². The minimum Gasteiger partial charge on any atom is -0.372 e. The zero-order valence-corrected chi connectivity index (χ0v) is 12.3. The molecule has 3 heteroatoms. The van der Waals surface area contributed by atoms with E-state index in [0.29, 0.717) is 18.8 Å². The molecule has 1 heterocycles. The molecular formula is C18H20FNO.